The summed E-state index contributed by atoms with van der Waals surface area (Å²) in [6.45, 7) is 0. The van der Waals surface area contributed by atoms with Gasteiger partial charge in [0.15, 0.2) is 0 Å². The van der Waals surface area contributed by atoms with Crippen molar-refractivity contribution in [1.82, 2.24) is 9.55 Å². The molecule has 10 heteroatoms. The maximum Gasteiger partial charge on any atom is 0.463 e. The molecule has 1 aromatic heterocycles. The summed E-state index contributed by atoms with van der Waals surface area (Å²) >= 11 is 2.10. The van der Waals surface area contributed by atoms with E-state index in [1.807, 2.05) is 0 Å². The second-order valence-electron chi connectivity index (χ2n) is 3.97. The molecule has 0 spiro atoms. The Morgan fingerprint density at radius 2 is 1.81 bits per heavy atom. The van der Waals surface area contributed by atoms with Gasteiger partial charge < -0.3 is 20.2 Å². The quantitative estimate of drug-likeness (QED) is 0.439. The molecule has 1 heterocycles. The van der Waals surface area contributed by atoms with E-state index in [1.54, 1.807) is 24.3 Å². The van der Waals surface area contributed by atoms with Crippen molar-refractivity contribution in [3.8, 4) is 0 Å². The van der Waals surface area contributed by atoms with Gasteiger partial charge in [-0.1, -0.05) is 12.1 Å². The van der Waals surface area contributed by atoms with E-state index in [4.69, 9.17) is 0 Å². The highest BCUT2D eigenvalue weighted by molar-refractivity contribution is 14.1. The van der Waals surface area contributed by atoms with E-state index in [0.29, 0.717) is 10.1 Å². The first kappa shape index (κ1) is 15.0. The Labute approximate surface area is 131 Å². The van der Waals surface area contributed by atoms with Crippen LogP contribution in [0.3, 0.4) is 0 Å². The van der Waals surface area contributed by atoms with Crippen LogP contribution in [0.25, 0.3) is 0 Å². The van der Waals surface area contributed by atoms with Crippen LogP contribution >= 0.6 is 22.6 Å². The van der Waals surface area contributed by atoms with E-state index in [9.17, 15) is 25.0 Å². The fourth-order valence-corrected chi connectivity index (χ4v) is 2.04. The lowest BCUT2D eigenvalue weighted by molar-refractivity contribution is -0.428. The molecule has 0 saturated heterocycles. The smallest absolute Gasteiger partial charge is 0.358 e. The Morgan fingerprint density at radius 3 is 2.33 bits per heavy atom. The van der Waals surface area contributed by atoms with Crippen molar-refractivity contribution in [3.05, 3.63) is 60.0 Å². The van der Waals surface area contributed by atoms with Gasteiger partial charge in [-0.15, -0.1) is 4.57 Å². The summed E-state index contributed by atoms with van der Waals surface area (Å²) in [6, 6.07) is 6.98. The number of hydrogen-bond acceptors (Lipinski definition) is 6. The van der Waals surface area contributed by atoms with E-state index in [1.165, 1.54) is 0 Å². The van der Waals surface area contributed by atoms with E-state index < -0.39 is 27.4 Å². The summed E-state index contributed by atoms with van der Waals surface area (Å²) in [4.78, 5) is 35.0. The van der Waals surface area contributed by atoms with Gasteiger partial charge in [0.2, 0.25) is 0 Å². The van der Waals surface area contributed by atoms with E-state index >= 15 is 0 Å². The molecule has 0 aliphatic carbocycles. The molecular formula is C11H7IN4O5. The number of nitro groups is 2. The van der Waals surface area contributed by atoms with Crippen LogP contribution in [0, 0.1) is 23.8 Å². The van der Waals surface area contributed by atoms with Crippen molar-refractivity contribution in [2.24, 2.45) is 0 Å². The third-order valence-electron chi connectivity index (χ3n) is 2.61. The van der Waals surface area contributed by atoms with E-state index in [0.717, 1.165) is 9.90 Å². The average Bonchev–Trinajstić information content (AvgIpc) is 2.86. The molecule has 0 radical (unpaired) electrons. The molecule has 21 heavy (non-hydrogen) atoms. The molecule has 0 atom stereocenters. The average molecular weight is 402 g/mol. The number of carbonyl (C=O) groups is 1. The van der Waals surface area contributed by atoms with Gasteiger partial charge in [-0.05, 0) is 50.1 Å². The molecule has 0 aliphatic heterocycles. The fourth-order valence-electron chi connectivity index (χ4n) is 1.68. The van der Waals surface area contributed by atoms with Crippen molar-refractivity contribution < 1.29 is 14.6 Å². The predicted octanol–water partition coefficient (Wildman–Crippen LogP) is 2.19. The third kappa shape index (κ3) is 3.21. The number of nitrogens with zero attached hydrogens (tertiary/aromatic N) is 4. The number of rotatable bonds is 4. The molecule has 0 unspecified atom stereocenters. The van der Waals surface area contributed by atoms with Crippen LogP contribution in [0.4, 0.5) is 11.6 Å². The van der Waals surface area contributed by atoms with Gasteiger partial charge >= 0.3 is 23.9 Å². The Kier molecular flexibility index (Phi) is 4.26. The third-order valence-corrected chi connectivity index (χ3v) is 3.33. The van der Waals surface area contributed by atoms with Crippen LogP contribution in [0.2, 0.25) is 0 Å². The summed E-state index contributed by atoms with van der Waals surface area (Å²) in [5, 5.41) is 21.6. The molecule has 0 N–H and O–H groups in total. The maximum absolute atomic E-state index is 12.1. The summed E-state index contributed by atoms with van der Waals surface area (Å²) in [6.07, 6.45) is 0.677. The van der Waals surface area contributed by atoms with Gasteiger partial charge in [-0.25, -0.2) is 4.79 Å². The zero-order valence-corrected chi connectivity index (χ0v) is 12.5. The van der Waals surface area contributed by atoms with Crippen molar-refractivity contribution >= 4 is 40.1 Å². The van der Waals surface area contributed by atoms with Crippen LogP contribution < -0.4 is 0 Å². The molecule has 0 aliphatic rings. The fraction of sp³-hybridized carbons (Fsp3) is 0.0909. The Morgan fingerprint density at radius 1 is 1.19 bits per heavy atom. The van der Waals surface area contributed by atoms with Gasteiger partial charge in [0.1, 0.15) is 0 Å². The lowest BCUT2D eigenvalue weighted by Crippen LogP contribution is -2.15. The molecular weight excluding hydrogens is 395 g/mol. The van der Waals surface area contributed by atoms with Crippen LogP contribution in [-0.2, 0) is 6.42 Å². The van der Waals surface area contributed by atoms with Gasteiger partial charge in [0.25, 0.3) is 0 Å². The Hall–Kier alpha value is -2.37. The SMILES string of the molecule is O=C(Cc1ccc(I)cc1)n1cnc([N+](=O)[O-])c1[N+](=O)[O-]. The Bertz CT molecular complexity index is 725. The zero-order chi connectivity index (χ0) is 15.6. The monoisotopic (exact) mass is 402 g/mol. The molecule has 2 rings (SSSR count). The molecule has 9 nitrogen and oxygen atoms in total. The van der Waals surface area contributed by atoms with Crippen LogP contribution in [0.5, 0.6) is 0 Å². The van der Waals surface area contributed by atoms with E-state index in [-0.39, 0.29) is 6.42 Å². The van der Waals surface area contributed by atoms with Crippen molar-refractivity contribution in [3.63, 3.8) is 0 Å². The van der Waals surface area contributed by atoms with Crippen molar-refractivity contribution in [1.29, 1.82) is 0 Å². The first-order valence-corrected chi connectivity index (χ1v) is 6.62. The van der Waals surface area contributed by atoms with Crippen molar-refractivity contribution in [2.45, 2.75) is 6.42 Å². The molecule has 0 amide bonds. The molecule has 0 fully saturated rings. The van der Waals surface area contributed by atoms with Crippen molar-refractivity contribution in [2.75, 3.05) is 0 Å². The largest absolute Gasteiger partial charge is 0.463 e. The van der Waals surface area contributed by atoms with Crippen LogP contribution in [0.1, 0.15) is 10.4 Å². The topological polar surface area (TPSA) is 121 Å². The Balaban J connectivity index is 2.33. The highest BCUT2D eigenvalue weighted by atomic mass is 127. The minimum Gasteiger partial charge on any atom is -0.358 e. The second-order valence-corrected chi connectivity index (χ2v) is 5.22. The zero-order valence-electron chi connectivity index (χ0n) is 10.3. The maximum atomic E-state index is 12.1. The number of halogens is 1. The summed E-state index contributed by atoms with van der Waals surface area (Å²) in [5.41, 5.74) is 0.645. The first-order chi connectivity index (χ1) is 9.90. The van der Waals surface area contributed by atoms with Gasteiger partial charge in [-0.3, -0.25) is 0 Å². The van der Waals surface area contributed by atoms with Gasteiger partial charge in [0, 0.05) is 8.55 Å². The van der Waals surface area contributed by atoms with Crippen LogP contribution in [-0.4, -0.2) is 25.3 Å². The lowest BCUT2D eigenvalue weighted by atomic mass is 10.1. The molecule has 0 saturated carbocycles. The molecule has 108 valence electrons. The predicted molar refractivity (Wildman–Crippen MR) is 79.0 cm³/mol. The minimum atomic E-state index is -0.993. The number of carbonyl (C=O) groups excluding carboxylic acids is 1. The minimum absolute atomic E-state index is 0.120. The number of aromatic nitrogens is 2. The molecule has 2 aromatic rings. The second kappa shape index (κ2) is 5.95. The lowest BCUT2D eigenvalue weighted by Gasteiger charge is -2.00. The highest BCUT2D eigenvalue weighted by Gasteiger charge is 2.35. The number of hydrogen-bond donors (Lipinski definition) is 0. The first-order valence-electron chi connectivity index (χ1n) is 5.54. The summed E-state index contributed by atoms with van der Waals surface area (Å²) < 4.78 is 1.57. The van der Waals surface area contributed by atoms with E-state index in [2.05, 4.69) is 27.6 Å². The summed E-state index contributed by atoms with van der Waals surface area (Å²) in [7, 11) is 0. The van der Waals surface area contributed by atoms with Gasteiger partial charge in [0.05, 0.1) is 6.42 Å². The number of imidazole rings is 1. The van der Waals surface area contributed by atoms with Crippen LogP contribution in [0.15, 0.2) is 30.6 Å². The van der Waals surface area contributed by atoms with Gasteiger partial charge in [-0.2, -0.15) is 0 Å². The highest BCUT2D eigenvalue weighted by Crippen LogP contribution is 2.24. The molecule has 0 bridgehead atoms. The number of benzene rings is 1. The normalized spacial score (nSPS) is 10.3. The standard InChI is InChI=1S/C11H7IN4O5/c12-8-3-1-7(2-4-8)5-9(17)14-6-13-10(15(18)19)11(14)16(20)21/h1-4,6H,5H2. The summed E-state index contributed by atoms with van der Waals surface area (Å²) in [5.74, 6) is -2.55. The molecule has 1 aromatic carbocycles.